The van der Waals surface area contributed by atoms with Crippen LogP contribution in [0.1, 0.15) is 16.7 Å². The summed E-state index contributed by atoms with van der Waals surface area (Å²) >= 11 is 11.8. The Hall–Kier alpha value is -1.75. The van der Waals surface area contributed by atoms with Crippen LogP contribution in [0.25, 0.3) is 11.6 Å². The molecule has 0 radical (unpaired) electrons. The van der Waals surface area contributed by atoms with Crippen LogP contribution < -0.4 is 0 Å². The Labute approximate surface area is 122 Å². The average Bonchev–Trinajstić information content (AvgIpc) is 2.41. The van der Waals surface area contributed by atoms with Gasteiger partial charge in [0.1, 0.15) is 0 Å². The van der Waals surface area contributed by atoms with Crippen molar-refractivity contribution >= 4 is 34.9 Å². The van der Waals surface area contributed by atoms with E-state index in [-0.39, 0.29) is 0 Å². The van der Waals surface area contributed by atoms with Gasteiger partial charge in [0, 0.05) is 0 Å². The third-order valence-electron chi connectivity index (χ3n) is 2.74. The quantitative estimate of drug-likeness (QED) is 0.538. The van der Waals surface area contributed by atoms with Crippen LogP contribution in [0.2, 0.25) is 10.0 Å². The van der Waals surface area contributed by atoms with Crippen molar-refractivity contribution in [2.45, 2.75) is 6.92 Å². The number of nitrogens with zero attached hydrogens (tertiary/aromatic N) is 1. The molecule has 0 spiro atoms. The molecule has 0 aliphatic rings. The summed E-state index contributed by atoms with van der Waals surface area (Å²) in [6, 6.07) is 15.3. The van der Waals surface area contributed by atoms with Gasteiger partial charge in [-0.2, -0.15) is 5.26 Å². The van der Waals surface area contributed by atoms with E-state index in [1.807, 2.05) is 37.3 Å². The molecule has 0 amide bonds. The Balaban J connectivity index is 2.42. The number of hydrogen-bond donors (Lipinski definition) is 0. The molecule has 0 saturated carbocycles. The molecule has 2 aromatic carbocycles. The normalized spacial score (nSPS) is 11.2. The van der Waals surface area contributed by atoms with Crippen molar-refractivity contribution in [3.05, 3.63) is 69.2 Å². The predicted molar refractivity (Wildman–Crippen MR) is 81.1 cm³/mol. The fourth-order valence-electron chi connectivity index (χ4n) is 1.67. The number of benzene rings is 2. The summed E-state index contributed by atoms with van der Waals surface area (Å²) in [5, 5.41) is 10.2. The van der Waals surface area contributed by atoms with Crippen LogP contribution in [0.15, 0.2) is 42.5 Å². The highest BCUT2D eigenvalue weighted by Crippen LogP contribution is 2.27. The van der Waals surface area contributed by atoms with Gasteiger partial charge in [0.05, 0.1) is 21.7 Å². The monoisotopic (exact) mass is 287 g/mol. The van der Waals surface area contributed by atoms with Gasteiger partial charge in [0.25, 0.3) is 0 Å². The van der Waals surface area contributed by atoms with E-state index in [9.17, 15) is 5.26 Å². The first kappa shape index (κ1) is 13.7. The summed E-state index contributed by atoms with van der Waals surface area (Å²) < 4.78 is 0. The summed E-state index contributed by atoms with van der Waals surface area (Å²) in [5.74, 6) is 0. The van der Waals surface area contributed by atoms with E-state index in [4.69, 9.17) is 23.2 Å². The summed E-state index contributed by atoms with van der Waals surface area (Å²) in [4.78, 5) is 0. The van der Waals surface area contributed by atoms with E-state index >= 15 is 0 Å². The van der Waals surface area contributed by atoms with Gasteiger partial charge in [0.2, 0.25) is 0 Å². The van der Waals surface area contributed by atoms with Crippen molar-refractivity contribution in [2.24, 2.45) is 0 Å². The van der Waals surface area contributed by atoms with Gasteiger partial charge < -0.3 is 0 Å². The van der Waals surface area contributed by atoms with Crippen molar-refractivity contribution in [2.75, 3.05) is 0 Å². The molecule has 1 nitrogen and oxygen atoms in total. The second-order valence-corrected chi connectivity index (χ2v) is 5.02. The largest absolute Gasteiger partial charge is 0.192 e. The summed E-state index contributed by atoms with van der Waals surface area (Å²) in [6.07, 6.45) is 1.83. The molecule has 2 rings (SSSR count). The molecule has 94 valence electrons. The van der Waals surface area contributed by atoms with Gasteiger partial charge in [-0.15, -0.1) is 0 Å². The fourth-order valence-corrected chi connectivity index (χ4v) is 1.97. The Morgan fingerprint density at radius 1 is 1.05 bits per heavy atom. The van der Waals surface area contributed by atoms with Crippen molar-refractivity contribution in [1.82, 2.24) is 0 Å². The smallest absolute Gasteiger partial charge is 0.0998 e. The van der Waals surface area contributed by atoms with Gasteiger partial charge in [-0.05, 0) is 36.3 Å². The molecule has 0 saturated heterocycles. The highest BCUT2D eigenvalue weighted by molar-refractivity contribution is 6.42. The second-order valence-electron chi connectivity index (χ2n) is 4.21. The molecule has 0 atom stereocenters. The standard InChI is InChI=1S/C16H11Cl2N/c1-11-2-4-12(5-3-11)8-14(10-19)13-6-7-15(17)16(18)9-13/h2-9H,1H3/b14-8-. The molecule has 0 aliphatic carbocycles. The summed E-state index contributed by atoms with van der Waals surface area (Å²) in [7, 11) is 0. The van der Waals surface area contributed by atoms with Crippen LogP contribution in [-0.4, -0.2) is 0 Å². The number of halogens is 2. The molecule has 19 heavy (non-hydrogen) atoms. The van der Waals surface area contributed by atoms with Gasteiger partial charge >= 0.3 is 0 Å². The Morgan fingerprint density at radius 3 is 2.32 bits per heavy atom. The first-order valence-corrected chi connectivity index (χ1v) is 6.49. The third kappa shape index (κ3) is 3.38. The predicted octanol–water partition coefficient (Wildman–Crippen LogP) is 5.37. The molecule has 0 aromatic heterocycles. The zero-order valence-corrected chi connectivity index (χ0v) is 11.8. The van der Waals surface area contributed by atoms with Crippen molar-refractivity contribution in [3.63, 3.8) is 0 Å². The van der Waals surface area contributed by atoms with Gasteiger partial charge in [0.15, 0.2) is 0 Å². The SMILES string of the molecule is Cc1ccc(/C=C(/C#N)c2ccc(Cl)c(Cl)c2)cc1. The lowest BCUT2D eigenvalue weighted by Crippen LogP contribution is -1.83. The topological polar surface area (TPSA) is 23.8 Å². The molecular weight excluding hydrogens is 277 g/mol. The Bertz CT molecular complexity index is 664. The minimum atomic E-state index is 0.448. The van der Waals surface area contributed by atoms with Crippen LogP contribution >= 0.6 is 23.2 Å². The number of aryl methyl sites for hydroxylation is 1. The van der Waals surface area contributed by atoms with Gasteiger partial charge in [-0.3, -0.25) is 0 Å². The van der Waals surface area contributed by atoms with E-state index in [0.29, 0.717) is 15.6 Å². The zero-order chi connectivity index (χ0) is 13.8. The Kier molecular flexibility index (Phi) is 4.27. The molecule has 0 aliphatic heterocycles. The molecule has 0 N–H and O–H groups in total. The lowest BCUT2D eigenvalue weighted by Gasteiger charge is -2.02. The van der Waals surface area contributed by atoms with E-state index < -0.39 is 0 Å². The Morgan fingerprint density at radius 2 is 1.74 bits per heavy atom. The zero-order valence-electron chi connectivity index (χ0n) is 10.3. The molecule has 0 unspecified atom stereocenters. The summed E-state index contributed by atoms with van der Waals surface area (Å²) in [5.41, 5.74) is 3.48. The van der Waals surface area contributed by atoms with Crippen LogP contribution in [-0.2, 0) is 0 Å². The number of rotatable bonds is 2. The fraction of sp³-hybridized carbons (Fsp3) is 0.0625. The highest BCUT2D eigenvalue weighted by Gasteiger charge is 2.04. The molecule has 0 bridgehead atoms. The number of allylic oxidation sites excluding steroid dienone is 1. The van der Waals surface area contributed by atoms with E-state index in [0.717, 1.165) is 11.1 Å². The van der Waals surface area contributed by atoms with E-state index in [1.165, 1.54) is 5.56 Å². The highest BCUT2D eigenvalue weighted by atomic mass is 35.5. The molecule has 0 fully saturated rings. The lowest BCUT2D eigenvalue weighted by molar-refractivity contribution is 1.46. The minimum absolute atomic E-state index is 0.448. The summed E-state index contributed by atoms with van der Waals surface area (Å²) in [6.45, 7) is 2.03. The van der Waals surface area contributed by atoms with Crippen LogP contribution in [0, 0.1) is 18.3 Å². The maximum Gasteiger partial charge on any atom is 0.0998 e. The number of nitriles is 1. The third-order valence-corrected chi connectivity index (χ3v) is 3.48. The maximum atomic E-state index is 9.26. The molecular formula is C16H11Cl2N. The van der Waals surface area contributed by atoms with E-state index in [1.54, 1.807) is 18.2 Å². The van der Waals surface area contributed by atoms with Gasteiger partial charge in [-0.1, -0.05) is 59.1 Å². The lowest BCUT2D eigenvalue weighted by atomic mass is 10.0. The van der Waals surface area contributed by atoms with Gasteiger partial charge in [-0.25, -0.2) is 0 Å². The van der Waals surface area contributed by atoms with Crippen LogP contribution in [0.5, 0.6) is 0 Å². The second kappa shape index (κ2) is 5.93. The van der Waals surface area contributed by atoms with Crippen LogP contribution in [0.4, 0.5) is 0 Å². The molecule has 3 heteroatoms. The first-order valence-electron chi connectivity index (χ1n) is 5.74. The minimum Gasteiger partial charge on any atom is -0.192 e. The average molecular weight is 288 g/mol. The molecule has 2 aromatic rings. The van der Waals surface area contributed by atoms with Crippen molar-refractivity contribution in [3.8, 4) is 6.07 Å². The maximum absolute atomic E-state index is 9.26. The van der Waals surface area contributed by atoms with E-state index in [2.05, 4.69) is 6.07 Å². The van der Waals surface area contributed by atoms with Crippen molar-refractivity contribution in [1.29, 1.82) is 5.26 Å². The first-order chi connectivity index (χ1) is 9.10. The number of hydrogen-bond acceptors (Lipinski definition) is 1. The van der Waals surface area contributed by atoms with Crippen LogP contribution in [0.3, 0.4) is 0 Å². The van der Waals surface area contributed by atoms with Crippen molar-refractivity contribution < 1.29 is 0 Å². The molecule has 0 heterocycles.